The monoisotopic (exact) mass is 452 g/mol. The lowest BCUT2D eigenvalue weighted by Gasteiger charge is -2.17. The summed E-state index contributed by atoms with van der Waals surface area (Å²) < 4.78 is 17.4. The van der Waals surface area contributed by atoms with Crippen molar-refractivity contribution in [2.75, 3.05) is 13.7 Å². The molecule has 0 saturated heterocycles. The lowest BCUT2D eigenvalue weighted by atomic mass is 10.1. The molecule has 2 aromatic heterocycles. The zero-order valence-electron chi connectivity index (χ0n) is 18.5. The summed E-state index contributed by atoms with van der Waals surface area (Å²) in [4.78, 5) is 20.6. The molecule has 0 aliphatic carbocycles. The molecule has 2 heterocycles. The van der Waals surface area contributed by atoms with Crippen molar-refractivity contribution in [2.24, 2.45) is 0 Å². The normalized spacial score (nSPS) is 12.2. The molecule has 166 valence electrons. The molecule has 4 rings (SSSR count). The summed E-state index contributed by atoms with van der Waals surface area (Å²) in [5.74, 6) is 0.524. The summed E-state index contributed by atoms with van der Waals surface area (Å²) in [5, 5.41) is 2.22. The van der Waals surface area contributed by atoms with E-state index in [2.05, 4.69) is 9.97 Å². The minimum atomic E-state index is -0.506. The summed E-state index contributed by atoms with van der Waals surface area (Å²) in [6.07, 6.45) is 0.481. The molecule has 1 atom stereocenters. The van der Waals surface area contributed by atoms with Crippen LogP contribution in [0.1, 0.15) is 48.1 Å². The Morgan fingerprint density at radius 2 is 1.97 bits per heavy atom. The second-order valence-corrected chi connectivity index (χ2v) is 8.02. The first-order valence-electron chi connectivity index (χ1n) is 10.5. The Kier molecular flexibility index (Phi) is 6.24. The number of benzene rings is 2. The minimum absolute atomic E-state index is 0.157. The Morgan fingerprint density at radius 1 is 1.19 bits per heavy atom. The smallest absolute Gasteiger partial charge is 0.360 e. The highest BCUT2D eigenvalue weighted by atomic mass is 35.5. The molecule has 32 heavy (non-hydrogen) atoms. The van der Waals surface area contributed by atoms with E-state index in [1.807, 2.05) is 63.2 Å². The highest BCUT2D eigenvalue weighted by Crippen LogP contribution is 2.42. The molecular formula is C25H25ClN2O4. The van der Waals surface area contributed by atoms with E-state index in [1.165, 1.54) is 7.11 Å². The number of ether oxygens (including phenoxy) is 3. The third-order valence-electron chi connectivity index (χ3n) is 5.33. The number of rotatable bonds is 7. The minimum Gasteiger partial charge on any atom is -0.493 e. The van der Waals surface area contributed by atoms with Crippen LogP contribution in [-0.4, -0.2) is 29.7 Å². The van der Waals surface area contributed by atoms with E-state index in [0.29, 0.717) is 28.8 Å². The van der Waals surface area contributed by atoms with E-state index in [9.17, 15) is 4.79 Å². The number of H-pyrrole nitrogens is 1. The van der Waals surface area contributed by atoms with Crippen LogP contribution in [0.5, 0.6) is 11.5 Å². The van der Waals surface area contributed by atoms with Gasteiger partial charge < -0.3 is 19.2 Å². The predicted octanol–water partition coefficient (Wildman–Crippen LogP) is 6.39. The topological polar surface area (TPSA) is 73.4 Å². The maximum Gasteiger partial charge on any atom is 0.360 e. The number of halogens is 1. The maximum atomic E-state index is 12.7. The van der Waals surface area contributed by atoms with Crippen LogP contribution < -0.4 is 9.47 Å². The summed E-state index contributed by atoms with van der Waals surface area (Å²) >= 11 is 6.16. The van der Waals surface area contributed by atoms with Crippen LogP contribution in [-0.2, 0) is 4.74 Å². The molecule has 0 amide bonds. The lowest BCUT2D eigenvalue weighted by molar-refractivity contribution is 0.0494. The fraction of sp³-hybridized carbons (Fsp3) is 0.280. The summed E-state index contributed by atoms with van der Waals surface area (Å²) in [5.41, 5.74) is 3.44. The molecule has 0 aliphatic heterocycles. The number of nitrogens with zero attached hydrogens (tertiary/aromatic N) is 1. The van der Waals surface area contributed by atoms with Crippen molar-refractivity contribution in [1.82, 2.24) is 9.97 Å². The number of esters is 1. The molecule has 0 saturated carbocycles. The molecular weight excluding hydrogens is 428 g/mol. The third-order valence-corrected chi connectivity index (χ3v) is 5.56. The van der Waals surface area contributed by atoms with Gasteiger partial charge in [-0.05, 0) is 50.1 Å². The van der Waals surface area contributed by atoms with Crippen molar-refractivity contribution < 1.29 is 19.0 Å². The lowest BCUT2D eigenvalue weighted by Crippen LogP contribution is -2.11. The molecule has 0 spiro atoms. The van der Waals surface area contributed by atoms with Crippen molar-refractivity contribution in [1.29, 1.82) is 0 Å². The second kappa shape index (κ2) is 9.09. The molecule has 0 aliphatic rings. The van der Waals surface area contributed by atoms with E-state index < -0.39 is 5.97 Å². The van der Waals surface area contributed by atoms with E-state index in [1.54, 1.807) is 0 Å². The van der Waals surface area contributed by atoms with E-state index in [-0.39, 0.29) is 11.8 Å². The van der Waals surface area contributed by atoms with Crippen LogP contribution in [0.2, 0.25) is 5.02 Å². The van der Waals surface area contributed by atoms with Gasteiger partial charge in [0.25, 0.3) is 0 Å². The molecule has 0 radical (unpaired) electrons. The van der Waals surface area contributed by atoms with Gasteiger partial charge in [0.2, 0.25) is 0 Å². The number of pyridine rings is 1. The zero-order valence-corrected chi connectivity index (χ0v) is 19.2. The van der Waals surface area contributed by atoms with Crippen molar-refractivity contribution in [3.8, 4) is 11.5 Å². The standard InChI is InChI=1S/C25H25ClN2O4/c1-5-12-31-25(29)23-24(30-4)21-20-18(28-22(21)14(2)27-23)10-7-11-19(20)32-15(3)16-8-6-9-17(26)13-16/h6-11,13,15,28H,5,12H2,1-4H3. The fourth-order valence-electron chi connectivity index (χ4n) is 3.82. The van der Waals surface area contributed by atoms with Gasteiger partial charge in [0, 0.05) is 5.02 Å². The summed E-state index contributed by atoms with van der Waals surface area (Å²) in [6.45, 7) is 6.08. The molecule has 0 bridgehead atoms. The number of fused-ring (bicyclic) bond motifs is 3. The number of carbonyl (C=O) groups is 1. The van der Waals surface area contributed by atoms with Gasteiger partial charge in [-0.25, -0.2) is 9.78 Å². The number of carbonyl (C=O) groups excluding carboxylic acids is 1. The number of methoxy groups -OCH3 is 1. The van der Waals surface area contributed by atoms with Crippen LogP contribution in [0.4, 0.5) is 0 Å². The molecule has 7 heteroatoms. The number of hydrogen-bond acceptors (Lipinski definition) is 5. The Bertz CT molecular complexity index is 1300. The van der Waals surface area contributed by atoms with Gasteiger partial charge in [0.15, 0.2) is 11.4 Å². The van der Waals surface area contributed by atoms with Crippen LogP contribution >= 0.6 is 11.6 Å². The molecule has 1 N–H and O–H groups in total. The molecule has 0 fully saturated rings. The zero-order chi connectivity index (χ0) is 22.8. The van der Waals surface area contributed by atoms with Crippen LogP contribution in [0.3, 0.4) is 0 Å². The first-order valence-corrected chi connectivity index (χ1v) is 10.9. The van der Waals surface area contributed by atoms with Gasteiger partial charge in [-0.1, -0.05) is 36.7 Å². The molecule has 1 unspecified atom stereocenters. The number of aromatic nitrogens is 2. The Morgan fingerprint density at radius 3 is 2.69 bits per heavy atom. The first-order chi connectivity index (χ1) is 15.4. The van der Waals surface area contributed by atoms with E-state index >= 15 is 0 Å². The van der Waals surface area contributed by atoms with Gasteiger partial charge in [0.05, 0.1) is 41.2 Å². The Hall–Kier alpha value is -3.25. The Balaban J connectivity index is 1.89. The van der Waals surface area contributed by atoms with Crippen molar-refractivity contribution in [3.63, 3.8) is 0 Å². The van der Waals surface area contributed by atoms with Crippen molar-refractivity contribution in [3.05, 3.63) is 64.4 Å². The highest BCUT2D eigenvalue weighted by Gasteiger charge is 2.25. The van der Waals surface area contributed by atoms with Gasteiger partial charge in [-0.15, -0.1) is 0 Å². The Labute approximate surface area is 191 Å². The highest BCUT2D eigenvalue weighted by molar-refractivity contribution is 6.30. The molecule has 6 nitrogen and oxygen atoms in total. The maximum absolute atomic E-state index is 12.7. The van der Waals surface area contributed by atoms with Gasteiger partial charge >= 0.3 is 5.97 Å². The molecule has 4 aromatic rings. The number of aromatic amines is 1. The van der Waals surface area contributed by atoms with Crippen molar-refractivity contribution >= 4 is 39.4 Å². The van der Waals surface area contributed by atoms with Gasteiger partial charge in [-0.3, -0.25) is 0 Å². The number of hydrogen-bond donors (Lipinski definition) is 1. The van der Waals surface area contributed by atoms with E-state index in [0.717, 1.165) is 33.8 Å². The van der Waals surface area contributed by atoms with E-state index in [4.69, 9.17) is 25.8 Å². The fourth-order valence-corrected chi connectivity index (χ4v) is 4.02. The van der Waals surface area contributed by atoms with Crippen molar-refractivity contribution in [2.45, 2.75) is 33.3 Å². The average molecular weight is 453 g/mol. The van der Waals surface area contributed by atoms with Crippen LogP contribution in [0.15, 0.2) is 42.5 Å². The molecule has 2 aromatic carbocycles. The van der Waals surface area contributed by atoms with Crippen LogP contribution in [0, 0.1) is 6.92 Å². The first kappa shape index (κ1) is 22.0. The quantitative estimate of drug-likeness (QED) is 0.329. The van der Waals surface area contributed by atoms with Gasteiger partial charge in [0.1, 0.15) is 11.9 Å². The largest absolute Gasteiger partial charge is 0.493 e. The summed E-state index contributed by atoms with van der Waals surface area (Å²) in [6, 6.07) is 13.4. The predicted molar refractivity (Wildman–Crippen MR) is 126 cm³/mol. The second-order valence-electron chi connectivity index (χ2n) is 7.58. The number of nitrogens with one attached hydrogen (secondary N) is 1. The van der Waals surface area contributed by atoms with Crippen LogP contribution in [0.25, 0.3) is 21.8 Å². The number of aryl methyl sites for hydroxylation is 1. The third kappa shape index (κ3) is 3.98. The van der Waals surface area contributed by atoms with Gasteiger partial charge in [-0.2, -0.15) is 0 Å². The summed E-state index contributed by atoms with van der Waals surface area (Å²) in [7, 11) is 1.53. The SMILES string of the molecule is CCCOC(=O)c1nc(C)c2[nH]c3cccc(OC(C)c4cccc(Cl)c4)c3c2c1OC. The average Bonchev–Trinajstić information content (AvgIpc) is 3.18.